The van der Waals surface area contributed by atoms with Crippen LogP contribution in [0.3, 0.4) is 0 Å². The predicted octanol–water partition coefficient (Wildman–Crippen LogP) is 3.12. The number of phenolic OH excluding ortho intramolecular Hbond substituents is 1. The van der Waals surface area contributed by atoms with E-state index in [0.717, 1.165) is 19.3 Å². The van der Waals surface area contributed by atoms with Crippen LogP contribution in [-0.2, 0) is 11.2 Å². The largest absolute Gasteiger partial charge is 0.508 e. The van der Waals surface area contributed by atoms with Gasteiger partial charge in [-0.25, -0.2) is 0 Å². The zero-order valence-corrected chi connectivity index (χ0v) is 13.0. The molecule has 1 aliphatic carbocycles. The Hall–Kier alpha value is -1.06. The number of phenols is 1. The van der Waals surface area contributed by atoms with Crippen LogP contribution < -0.4 is 5.32 Å². The maximum absolute atomic E-state index is 9.27. The molecule has 3 heteroatoms. The number of methoxy groups -OCH3 is 1. The summed E-state index contributed by atoms with van der Waals surface area (Å²) in [6.07, 6.45) is 3.63. The van der Waals surface area contributed by atoms with E-state index in [1.165, 1.54) is 5.56 Å². The minimum atomic E-state index is 0.224. The van der Waals surface area contributed by atoms with Gasteiger partial charge in [-0.15, -0.1) is 0 Å². The van der Waals surface area contributed by atoms with Crippen LogP contribution in [0, 0.1) is 5.41 Å². The fraction of sp³-hybridized carbons (Fsp3) is 0.647. The van der Waals surface area contributed by atoms with Crippen LogP contribution in [0.1, 0.15) is 39.2 Å². The highest BCUT2D eigenvalue weighted by atomic mass is 16.5. The summed E-state index contributed by atoms with van der Waals surface area (Å²) in [7, 11) is 1.80. The Morgan fingerprint density at radius 2 is 2.00 bits per heavy atom. The Morgan fingerprint density at radius 3 is 2.55 bits per heavy atom. The van der Waals surface area contributed by atoms with Gasteiger partial charge in [0.15, 0.2) is 0 Å². The molecule has 3 unspecified atom stereocenters. The molecule has 0 aromatic heterocycles. The molecule has 0 saturated heterocycles. The van der Waals surface area contributed by atoms with Crippen LogP contribution in [0.4, 0.5) is 0 Å². The monoisotopic (exact) mass is 277 g/mol. The molecule has 2 rings (SSSR count). The maximum atomic E-state index is 9.27. The van der Waals surface area contributed by atoms with Gasteiger partial charge in [0.05, 0.1) is 6.10 Å². The summed E-state index contributed by atoms with van der Waals surface area (Å²) in [6.45, 7) is 6.79. The van der Waals surface area contributed by atoms with Crippen LogP contribution in [0.25, 0.3) is 0 Å². The zero-order chi connectivity index (χ0) is 14.8. The van der Waals surface area contributed by atoms with Crippen molar-refractivity contribution < 1.29 is 9.84 Å². The van der Waals surface area contributed by atoms with Crippen molar-refractivity contribution in [3.63, 3.8) is 0 Å². The van der Waals surface area contributed by atoms with E-state index in [9.17, 15) is 5.11 Å². The lowest BCUT2D eigenvalue weighted by atomic mass is 9.64. The molecule has 3 atom stereocenters. The Labute approximate surface area is 122 Å². The van der Waals surface area contributed by atoms with Gasteiger partial charge >= 0.3 is 0 Å². The van der Waals surface area contributed by atoms with Gasteiger partial charge in [0.1, 0.15) is 5.75 Å². The molecule has 1 fully saturated rings. The molecular formula is C17H27NO2. The van der Waals surface area contributed by atoms with E-state index in [-0.39, 0.29) is 5.41 Å². The summed E-state index contributed by atoms with van der Waals surface area (Å²) in [4.78, 5) is 0. The Bertz CT molecular complexity index is 427. The van der Waals surface area contributed by atoms with E-state index < -0.39 is 0 Å². The van der Waals surface area contributed by atoms with Crippen LogP contribution in [0.15, 0.2) is 24.3 Å². The molecule has 2 N–H and O–H groups in total. The third kappa shape index (κ3) is 3.33. The first-order valence-electron chi connectivity index (χ1n) is 7.50. The molecule has 1 aromatic carbocycles. The second-order valence-corrected chi connectivity index (χ2v) is 6.61. The Balaban J connectivity index is 1.76. The van der Waals surface area contributed by atoms with Crippen molar-refractivity contribution in [3.05, 3.63) is 29.8 Å². The molecule has 0 radical (unpaired) electrons. The van der Waals surface area contributed by atoms with Gasteiger partial charge in [0.2, 0.25) is 0 Å². The van der Waals surface area contributed by atoms with Crippen molar-refractivity contribution in [2.24, 2.45) is 5.41 Å². The lowest BCUT2D eigenvalue weighted by Crippen LogP contribution is -2.62. The minimum Gasteiger partial charge on any atom is -0.508 e. The molecule has 1 aliphatic rings. The summed E-state index contributed by atoms with van der Waals surface area (Å²) >= 11 is 0. The first-order valence-corrected chi connectivity index (χ1v) is 7.50. The predicted molar refractivity (Wildman–Crippen MR) is 82.0 cm³/mol. The van der Waals surface area contributed by atoms with Gasteiger partial charge < -0.3 is 15.2 Å². The molecule has 1 aromatic rings. The highest BCUT2D eigenvalue weighted by molar-refractivity contribution is 5.25. The van der Waals surface area contributed by atoms with Crippen LogP contribution in [0.5, 0.6) is 5.75 Å². The van der Waals surface area contributed by atoms with E-state index in [1.54, 1.807) is 19.2 Å². The van der Waals surface area contributed by atoms with Crippen LogP contribution >= 0.6 is 0 Å². The average molecular weight is 277 g/mol. The van der Waals surface area contributed by atoms with Crippen molar-refractivity contribution in [1.82, 2.24) is 5.32 Å². The average Bonchev–Trinajstić information content (AvgIpc) is 2.42. The van der Waals surface area contributed by atoms with Gasteiger partial charge in [-0.3, -0.25) is 0 Å². The van der Waals surface area contributed by atoms with Crippen molar-refractivity contribution in [3.8, 4) is 5.75 Å². The molecule has 20 heavy (non-hydrogen) atoms. The van der Waals surface area contributed by atoms with E-state index in [0.29, 0.717) is 23.9 Å². The summed E-state index contributed by atoms with van der Waals surface area (Å²) in [5.41, 5.74) is 1.50. The van der Waals surface area contributed by atoms with Crippen LogP contribution in [0.2, 0.25) is 0 Å². The number of hydrogen-bond acceptors (Lipinski definition) is 3. The number of nitrogens with one attached hydrogen (secondary N) is 1. The first kappa shape index (κ1) is 15.3. The Kier molecular flexibility index (Phi) is 4.71. The summed E-state index contributed by atoms with van der Waals surface area (Å²) in [5, 5.41) is 13.0. The van der Waals surface area contributed by atoms with Gasteiger partial charge in [0.25, 0.3) is 0 Å². The molecule has 0 aliphatic heterocycles. The molecule has 1 saturated carbocycles. The van der Waals surface area contributed by atoms with E-state index >= 15 is 0 Å². The van der Waals surface area contributed by atoms with E-state index in [4.69, 9.17) is 4.74 Å². The van der Waals surface area contributed by atoms with Crippen molar-refractivity contribution in [2.45, 2.75) is 58.2 Å². The number of ether oxygens (including phenoxy) is 1. The molecule has 0 bridgehead atoms. The normalized spacial score (nSPS) is 26.0. The molecule has 0 amide bonds. The molecular weight excluding hydrogens is 250 g/mol. The number of aromatic hydroxyl groups is 1. The van der Waals surface area contributed by atoms with Gasteiger partial charge in [0, 0.05) is 24.6 Å². The molecule has 0 heterocycles. The third-order valence-electron chi connectivity index (χ3n) is 4.75. The Morgan fingerprint density at radius 1 is 1.35 bits per heavy atom. The number of hydrogen-bond donors (Lipinski definition) is 2. The molecule has 0 spiro atoms. The third-order valence-corrected chi connectivity index (χ3v) is 4.75. The fourth-order valence-electron chi connectivity index (χ4n) is 3.04. The van der Waals surface area contributed by atoms with Gasteiger partial charge in [-0.05, 0) is 43.9 Å². The highest BCUT2D eigenvalue weighted by Crippen LogP contribution is 2.42. The number of aryl methyl sites for hydroxylation is 1. The van der Waals surface area contributed by atoms with Crippen LogP contribution in [-0.4, -0.2) is 30.4 Å². The summed E-state index contributed by atoms with van der Waals surface area (Å²) in [6, 6.07) is 8.54. The minimum absolute atomic E-state index is 0.224. The van der Waals surface area contributed by atoms with Crippen molar-refractivity contribution in [1.29, 1.82) is 0 Å². The first-order chi connectivity index (χ1) is 9.43. The second-order valence-electron chi connectivity index (χ2n) is 6.61. The lowest BCUT2D eigenvalue weighted by Gasteiger charge is -2.52. The van der Waals surface area contributed by atoms with Crippen molar-refractivity contribution in [2.75, 3.05) is 7.11 Å². The molecule has 3 nitrogen and oxygen atoms in total. The SMILES string of the molecule is COC1CC(NC(C)CCc2ccc(O)cc2)C1(C)C. The summed E-state index contributed by atoms with van der Waals surface area (Å²) in [5.74, 6) is 0.335. The smallest absolute Gasteiger partial charge is 0.115 e. The maximum Gasteiger partial charge on any atom is 0.115 e. The van der Waals surface area contributed by atoms with E-state index in [1.807, 2.05) is 12.1 Å². The number of rotatable bonds is 6. The van der Waals surface area contributed by atoms with E-state index in [2.05, 4.69) is 26.1 Å². The quantitative estimate of drug-likeness (QED) is 0.839. The summed E-state index contributed by atoms with van der Waals surface area (Å²) < 4.78 is 5.49. The zero-order valence-electron chi connectivity index (χ0n) is 13.0. The van der Waals surface area contributed by atoms with Gasteiger partial charge in [-0.1, -0.05) is 26.0 Å². The van der Waals surface area contributed by atoms with Crippen molar-refractivity contribution >= 4 is 0 Å². The van der Waals surface area contributed by atoms with Gasteiger partial charge in [-0.2, -0.15) is 0 Å². The number of benzene rings is 1. The molecule has 112 valence electrons. The topological polar surface area (TPSA) is 41.5 Å². The fourth-order valence-corrected chi connectivity index (χ4v) is 3.04. The lowest BCUT2D eigenvalue weighted by molar-refractivity contribution is -0.0999. The highest BCUT2D eigenvalue weighted by Gasteiger charge is 2.48. The second kappa shape index (κ2) is 6.15. The standard InChI is InChI=1S/C17H27NO2/c1-12(5-6-13-7-9-14(19)10-8-13)18-15-11-16(20-4)17(15,2)3/h7-10,12,15-16,18-19H,5-6,11H2,1-4H3.